The van der Waals surface area contributed by atoms with Crippen molar-refractivity contribution >= 4 is 21.6 Å². The zero-order valence-corrected chi connectivity index (χ0v) is 13.8. The highest BCUT2D eigenvalue weighted by Gasteiger charge is 2.31. The summed E-state index contributed by atoms with van der Waals surface area (Å²) >= 11 is 1.78. The van der Waals surface area contributed by atoms with Crippen molar-refractivity contribution < 1.29 is 8.42 Å². The maximum atomic E-state index is 11.2. The van der Waals surface area contributed by atoms with Crippen molar-refractivity contribution in [2.75, 3.05) is 24.3 Å². The first-order chi connectivity index (χ1) is 9.51. The molecular weight excluding hydrogens is 290 g/mol. The predicted octanol–water partition coefficient (Wildman–Crippen LogP) is 2.43. The first kappa shape index (κ1) is 15.9. The normalized spacial score (nSPS) is 21.9. The lowest BCUT2D eigenvalue weighted by atomic mass is 10.1. The van der Waals surface area contributed by atoms with E-state index in [-0.39, 0.29) is 5.75 Å². The Kier molecular flexibility index (Phi) is 5.52. The molecule has 0 heterocycles. The third-order valence-corrected chi connectivity index (χ3v) is 6.09. The zero-order chi connectivity index (χ0) is 14.6. The smallest absolute Gasteiger partial charge is 0.148 e. The molecule has 2 rings (SSSR count). The van der Waals surface area contributed by atoms with Gasteiger partial charge in [-0.2, -0.15) is 11.8 Å². The monoisotopic (exact) mass is 313 g/mol. The van der Waals surface area contributed by atoms with E-state index in [1.165, 1.54) is 17.4 Å². The number of sulfone groups is 1. The van der Waals surface area contributed by atoms with E-state index in [0.717, 1.165) is 19.4 Å². The highest BCUT2D eigenvalue weighted by molar-refractivity contribution is 8.01. The largest absolute Gasteiger partial charge is 0.309 e. The van der Waals surface area contributed by atoms with Gasteiger partial charge in [-0.1, -0.05) is 31.2 Å². The highest BCUT2D eigenvalue weighted by Crippen LogP contribution is 2.38. The second kappa shape index (κ2) is 6.96. The Morgan fingerprint density at radius 2 is 2.10 bits per heavy atom. The SMILES string of the molecule is CCCNC1c2ccccc2CC1SCCS(C)(=O)=O. The van der Waals surface area contributed by atoms with Gasteiger partial charge in [-0.25, -0.2) is 8.42 Å². The molecule has 0 bridgehead atoms. The summed E-state index contributed by atoms with van der Waals surface area (Å²) in [5.41, 5.74) is 2.79. The summed E-state index contributed by atoms with van der Waals surface area (Å²) in [6, 6.07) is 8.91. The molecule has 1 aliphatic rings. The summed E-state index contributed by atoms with van der Waals surface area (Å²) in [6.45, 7) is 3.17. The van der Waals surface area contributed by atoms with Crippen LogP contribution in [-0.2, 0) is 16.3 Å². The maximum Gasteiger partial charge on any atom is 0.148 e. The van der Waals surface area contributed by atoms with Gasteiger partial charge in [0.15, 0.2) is 0 Å². The standard InChI is InChI=1S/C15H23NO2S2/c1-3-8-16-15-13-7-5-4-6-12(13)11-14(15)19-9-10-20(2,17)18/h4-7,14-16H,3,8-11H2,1-2H3. The molecule has 2 atom stereocenters. The topological polar surface area (TPSA) is 46.2 Å². The second-order valence-electron chi connectivity index (χ2n) is 5.37. The quantitative estimate of drug-likeness (QED) is 0.840. The Morgan fingerprint density at radius 1 is 1.35 bits per heavy atom. The summed E-state index contributed by atoms with van der Waals surface area (Å²) in [6.07, 6.45) is 3.45. The fraction of sp³-hybridized carbons (Fsp3) is 0.600. The Morgan fingerprint density at radius 3 is 2.80 bits per heavy atom. The number of rotatable bonds is 7. The van der Waals surface area contributed by atoms with Crippen molar-refractivity contribution in [1.82, 2.24) is 5.32 Å². The summed E-state index contributed by atoms with van der Waals surface area (Å²) in [4.78, 5) is 0. The van der Waals surface area contributed by atoms with Gasteiger partial charge in [0.1, 0.15) is 9.84 Å². The molecule has 20 heavy (non-hydrogen) atoms. The number of hydrogen-bond acceptors (Lipinski definition) is 4. The van der Waals surface area contributed by atoms with Gasteiger partial charge >= 0.3 is 0 Å². The Labute approximate surface area is 126 Å². The lowest BCUT2D eigenvalue weighted by molar-refractivity contribution is 0.539. The van der Waals surface area contributed by atoms with E-state index in [4.69, 9.17) is 0 Å². The minimum Gasteiger partial charge on any atom is -0.309 e. The van der Waals surface area contributed by atoms with Crippen molar-refractivity contribution in [2.45, 2.75) is 31.1 Å². The minimum atomic E-state index is -2.86. The van der Waals surface area contributed by atoms with E-state index in [0.29, 0.717) is 17.0 Å². The van der Waals surface area contributed by atoms with Gasteiger partial charge in [-0.05, 0) is 30.5 Å². The Balaban J connectivity index is 2.01. The number of hydrogen-bond donors (Lipinski definition) is 1. The van der Waals surface area contributed by atoms with Crippen LogP contribution in [0.25, 0.3) is 0 Å². The van der Waals surface area contributed by atoms with Crippen LogP contribution in [0, 0.1) is 0 Å². The summed E-state index contributed by atoms with van der Waals surface area (Å²) < 4.78 is 22.5. The molecule has 112 valence electrons. The van der Waals surface area contributed by atoms with Crippen LogP contribution in [0.15, 0.2) is 24.3 Å². The first-order valence-corrected chi connectivity index (χ1v) is 10.2. The molecule has 0 spiro atoms. The molecule has 0 amide bonds. The third-order valence-electron chi connectivity index (χ3n) is 3.58. The van der Waals surface area contributed by atoms with Gasteiger partial charge in [0.2, 0.25) is 0 Å². The van der Waals surface area contributed by atoms with Crippen molar-refractivity contribution in [3.8, 4) is 0 Å². The van der Waals surface area contributed by atoms with E-state index in [1.807, 2.05) is 0 Å². The predicted molar refractivity (Wildman–Crippen MR) is 87.1 cm³/mol. The van der Waals surface area contributed by atoms with Gasteiger partial charge in [-0.15, -0.1) is 0 Å². The summed E-state index contributed by atoms with van der Waals surface area (Å²) in [5.74, 6) is 0.951. The number of fused-ring (bicyclic) bond motifs is 1. The molecular formula is C15H23NO2S2. The van der Waals surface area contributed by atoms with Crippen LogP contribution in [0.4, 0.5) is 0 Å². The number of nitrogens with one attached hydrogen (secondary N) is 1. The van der Waals surface area contributed by atoms with E-state index in [1.54, 1.807) is 11.8 Å². The van der Waals surface area contributed by atoms with Gasteiger partial charge in [0, 0.05) is 23.3 Å². The molecule has 3 nitrogen and oxygen atoms in total. The van der Waals surface area contributed by atoms with E-state index in [2.05, 4.69) is 36.5 Å². The Bertz CT molecular complexity index is 543. The lowest BCUT2D eigenvalue weighted by Gasteiger charge is -2.21. The molecule has 0 radical (unpaired) electrons. The molecule has 1 aromatic rings. The van der Waals surface area contributed by atoms with E-state index < -0.39 is 9.84 Å². The van der Waals surface area contributed by atoms with E-state index in [9.17, 15) is 8.42 Å². The van der Waals surface area contributed by atoms with Crippen molar-refractivity contribution in [3.05, 3.63) is 35.4 Å². The number of benzene rings is 1. The maximum absolute atomic E-state index is 11.2. The average Bonchev–Trinajstić information content (AvgIpc) is 2.72. The van der Waals surface area contributed by atoms with Crippen LogP contribution >= 0.6 is 11.8 Å². The fourth-order valence-corrected chi connectivity index (χ4v) is 5.24. The van der Waals surface area contributed by atoms with Crippen LogP contribution < -0.4 is 5.32 Å². The van der Waals surface area contributed by atoms with Crippen LogP contribution in [-0.4, -0.2) is 38.0 Å². The van der Waals surface area contributed by atoms with Crippen LogP contribution in [0.5, 0.6) is 0 Å². The molecule has 1 aromatic carbocycles. The van der Waals surface area contributed by atoms with Gasteiger partial charge in [-0.3, -0.25) is 0 Å². The minimum absolute atomic E-state index is 0.269. The van der Waals surface area contributed by atoms with Gasteiger partial charge in [0.05, 0.1) is 5.75 Å². The fourth-order valence-electron chi connectivity index (χ4n) is 2.61. The van der Waals surface area contributed by atoms with Crippen LogP contribution in [0.2, 0.25) is 0 Å². The lowest BCUT2D eigenvalue weighted by Crippen LogP contribution is -2.28. The molecule has 0 saturated carbocycles. The molecule has 0 aliphatic heterocycles. The molecule has 1 aliphatic carbocycles. The first-order valence-electron chi connectivity index (χ1n) is 7.12. The molecule has 0 aromatic heterocycles. The molecule has 1 N–H and O–H groups in total. The van der Waals surface area contributed by atoms with Crippen LogP contribution in [0.1, 0.15) is 30.5 Å². The summed E-state index contributed by atoms with van der Waals surface area (Å²) in [7, 11) is -2.86. The molecule has 0 fully saturated rings. The van der Waals surface area contributed by atoms with E-state index >= 15 is 0 Å². The highest BCUT2D eigenvalue weighted by atomic mass is 32.2. The molecule has 5 heteroatoms. The molecule has 2 unspecified atom stereocenters. The average molecular weight is 313 g/mol. The zero-order valence-electron chi connectivity index (χ0n) is 12.1. The summed E-state index contributed by atoms with van der Waals surface area (Å²) in [5, 5.41) is 4.06. The second-order valence-corrected chi connectivity index (χ2v) is 8.98. The number of thioether (sulfide) groups is 1. The van der Waals surface area contributed by atoms with Crippen molar-refractivity contribution in [2.24, 2.45) is 0 Å². The van der Waals surface area contributed by atoms with Gasteiger partial charge in [0.25, 0.3) is 0 Å². The Hall–Kier alpha value is -0.520. The van der Waals surface area contributed by atoms with Crippen molar-refractivity contribution in [1.29, 1.82) is 0 Å². The van der Waals surface area contributed by atoms with Gasteiger partial charge < -0.3 is 5.32 Å². The third kappa shape index (κ3) is 4.24. The molecule has 0 saturated heterocycles. The van der Waals surface area contributed by atoms with Crippen molar-refractivity contribution in [3.63, 3.8) is 0 Å². The van der Waals surface area contributed by atoms with Crippen LogP contribution in [0.3, 0.4) is 0 Å².